The number of aromatic nitrogens is 1. The molecule has 2 aromatic rings. The Labute approximate surface area is 139 Å². The van der Waals surface area contributed by atoms with Crippen LogP contribution in [0.4, 0.5) is 0 Å². The summed E-state index contributed by atoms with van der Waals surface area (Å²) in [5, 5.41) is 2.66. The van der Waals surface area contributed by atoms with E-state index < -0.39 is 11.8 Å². The predicted octanol–water partition coefficient (Wildman–Crippen LogP) is 0.592. The van der Waals surface area contributed by atoms with E-state index in [9.17, 15) is 14.4 Å². The Morgan fingerprint density at radius 3 is 2.42 bits per heavy atom. The highest BCUT2D eigenvalue weighted by Gasteiger charge is 2.08. The molecule has 1 aromatic carbocycles. The molecule has 0 atom stereocenters. The first-order valence-corrected chi connectivity index (χ1v) is 7.45. The third-order valence-electron chi connectivity index (χ3n) is 3.12. The van der Waals surface area contributed by atoms with Gasteiger partial charge in [-0.3, -0.25) is 30.2 Å². The second-order valence-corrected chi connectivity index (χ2v) is 5.01. The van der Waals surface area contributed by atoms with Crippen molar-refractivity contribution in [1.29, 1.82) is 0 Å². The zero-order chi connectivity index (χ0) is 17.2. The number of pyridine rings is 1. The van der Waals surface area contributed by atoms with E-state index in [1.54, 1.807) is 18.3 Å². The average Bonchev–Trinajstić information content (AvgIpc) is 2.61. The third-order valence-corrected chi connectivity index (χ3v) is 3.12. The molecule has 0 aliphatic carbocycles. The van der Waals surface area contributed by atoms with E-state index in [0.717, 1.165) is 5.56 Å². The molecule has 7 heteroatoms. The molecule has 0 saturated heterocycles. The molecule has 1 heterocycles. The van der Waals surface area contributed by atoms with Crippen molar-refractivity contribution in [2.24, 2.45) is 0 Å². The number of rotatable bonds is 6. The number of carbonyl (C=O) groups is 3. The normalized spacial score (nSPS) is 9.83. The molecule has 0 radical (unpaired) electrons. The Kier molecular flexibility index (Phi) is 6.46. The van der Waals surface area contributed by atoms with Crippen LogP contribution in [0.2, 0.25) is 0 Å². The van der Waals surface area contributed by atoms with Crippen LogP contribution in [-0.2, 0) is 16.0 Å². The fraction of sp³-hybridized carbons (Fsp3) is 0.176. The van der Waals surface area contributed by atoms with Crippen LogP contribution in [0.15, 0.2) is 54.9 Å². The van der Waals surface area contributed by atoms with E-state index in [-0.39, 0.29) is 25.3 Å². The second kappa shape index (κ2) is 9.04. The topological polar surface area (TPSA) is 100 Å². The Balaban J connectivity index is 1.63. The number of hydrazine groups is 1. The summed E-state index contributed by atoms with van der Waals surface area (Å²) in [5.41, 5.74) is 5.82. The van der Waals surface area contributed by atoms with Gasteiger partial charge < -0.3 is 5.32 Å². The van der Waals surface area contributed by atoms with Crippen LogP contribution >= 0.6 is 0 Å². The number of nitrogens with one attached hydrogen (secondary N) is 3. The lowest BCUT2D eigenvalue weighted by molar-refractivity contribution is -0.122. The second-order valence-electron chi connectivity index (χ2n) is 5.01. The molecule has 1 aromatic heterocycles. The Bertz CT molecular complexity index is 689. The minimum atomic E-state index is -0.454. The van der Waals surface area contributed by atoms with E-state index >= 15 is 0 Å². The smallest absolute Gasteiger partial charge is 0.271 e. The number of nitrogens with zero attached hydrogens (tertiary/aromatic N) is 1. The molecule has 0 aliphatic heterocycles. The first-order valence-electron chi connectivity index (χ1n) is 7.45. The monoisotopic (exact) mass is 326 g/mol. The molecule has 0 spiro atoms. The van der Waals surface area contributed by atoms with Crippen LogP contribution < -0.4 is 16.2 Å². The van der Waals surface area contributed by atoms with Gasteiger partial charge in [-0.05, 0) is 17.7 Å². The summed E-state index contributed by atoms with van der Waals surface area (Å²) in [6.45, 7) is 0.195. The van der Waals surface area contributed by atoms with Gasteiger partial charge in [-0.15, -0.1) is 0 Å². The van der Waals surface area contributed by atoms with Crippen molar-refractivity contribution in [2.45, 2.75) is 12.8 Å². The van der Waals surface area contributed by atoms with Gasteiger partial charge in [0.2, 0.25) is 11.8 Å². The molecule has 3 amide bonds. The van der Waals surface area contributed by atoms with Gasteiger partial charge >= 0.3 is 0 Å². The quantitative estimate of drug-likeness (QED) is 0.677. The van der Waals surface area contributed by atoms with E-state index in [2.05, 4.69) is 21.2 Å². The lowest BCUT2D eigenvalue weighted by Gasteiger charge is -2.08. The molecule has 0 unspecified atom stereocenters. The fourth-order valence-corrected chi connectivity index (χ4v) is 1.92. The van der Waals surface area contributed by atoms with Gasteiger partial charge in [0, 0.05) is 25.4 Å². The zero-order valence-electron chi connectivity index (χ0n) is 13.0. The van der Waals surface area contributed by atoms with Crippen molar-refractivity contribution in [2.75, 3.05) is 6.54 Å². The Hall–Kier alpha value is -3.22. The van der Waals surface area contributed by atoms with Crippen molar-refractivity contribution in [1.82, 2.24) is 21.2 Å². The van der Waals surface area contributed by atoms with E-state index in [0.29, 0.717) is 5.56 Å². The molecule has 2 rings (SSSR count). The van der Waals surface area contributed by atoms with Gasteiger partial charge in [-0.2, -0.15) is 0 Å². The first kappa shape index (κ1) is 17.1. The highest BCUT2D eigenvalue weighted by molar-refractivity contribution is 5.95. The molecule has 0 bridgehead atoms. The van der Waals surface area contributed by atoms with Crippen molar-refractivity contribution in [3.8, 4) is 0 Å². The maximum absolute atomic E-state index is 11.7. The lowest BCUT2D eigenvalue weighted by Crippen LogP contribution is -2.42. The molecule has 0 fully saturated rings. The Morgan fingerprint density at radius 2 is 1.71 bits per heavy atom. The number of amides is 3. The SMILES string of the molecule is O=C(Cc1ccccc1)NCCC(=O)NNC(=O)c1cccnc1. The molecule has 3 N–H and O–H groups in total. The standard InChI is InChI=1S/C17H18N4O3/c22-15(20-21-17(24)14-7-4-9-18-12-14)8-10-19-16(23)11-13-5-2-1-3-6-13/h1-7,9,12H,8,10-11H2,(H,19,23)(H,20,22)(H,21,24). The highest BCUT2D eigenvalue weighted by atomic mass is 16.2. The zero-order valence-corrected chi connectivity index (χ0v) is 13.0. The average molecular weight is 326 g/mol. The first-order chi connectivity index (χ1) is 11.6. The molecule has 0 aliphatic rings. The van der Waals surface area contributed by atoms with Gasteiger partial charge in [0.05, 0.1) is 12.0 Å². The molecule has 124 valence electrons. The largest absolute Gasteiger partial charge is 0.355 e. The molecule has 7 nitrogen and oxygen atoms in total. The van der Waals surface area contributed by atoms with Gasteiger partial charge in [0.25, 0.3) is 5.91 Å². The van der Waals surface area contributed by atoms with Gasteiger partial charge in [0.15, 0.2) is 0 Å². The minimum absolute atomic E-state index is 0.0633. The molecular formula is C17H18N4O3. The lowest BCUT2D eigenvalue weighted by atomic mass is 10.1. The Morgan fingerprint density at radius 1 is 0.917 bits per heavy atom. The number of benzene rings is 1. The van der Waals surface area contributed by atoms with E-state index in [1.807, 2.05) is 30.3 Å². The predicted molar refractivity (Wildman–Crippen MR) is 87.6 cm³/mol. The van der Waals surface area contributed by atoms with Crippen LogP contribution in [0, 0.1) is 0 Å². The third kappa shape index (κ3) is 5.88. The fourth-order valence-electron chi connectivity index (χ4n) is 1.92. The van der Waals surface area contributed by atoms with Crippen molar-refractivity contribution < 1.29 is 14.4 Å². The molecule has 24 heavy (non-hydrogen) atoms. The summed E-state index contributed by atoms with van der Waals surface area (Å²) in [6, 6.07) is 12.5. The summed E-state index contributed by atoms with van der Waals surface area (Å²) >= 11 is 0. The van der Waals surface area contributed by atoms with E-state index in [1.165, 1.54) is 6.20 Å². The van der Waals surface area contributed by atoms with Crippen molar-refractivity contribution in [3.05, 3.63) is 66.0 Å². The molecule has 0 saturated carbocycles. The van der Waals surface area contributed by atoms with Crippen LogP contribution in [0.3, 0.4) is 0 Å². The maximum Gasteiger partial charge on any atom is 0.271 e. The highest BCUT2D eigenvalue weighted by Crippen LogP contribution is 1.99. The van der Waals surface area contributed by atoms with Gasteiger partial charge in [-0.1, -0.05) is 30.3 Å². The van der Waals surface area contributed by atoms with Crippen LogP contribution in [0.1, 0.15) is 22.3 Å². The minimum Gasteiger partial charge on any atom is -0.355 e. The van der Waals surface area contributed by atoms with Crippen LogP contribution in [-0.4, -0.2) is 29.3 Å². The molecular weight excluding hydrogens is 308 g/mol. The van der Waals surface area contributed by atoms with Crippen molar-refractivity contribution >= 4 is 17.7 Å². The number of hydrogen-bond acceptors (Lipinski definition) is 4. The summed E-state index contributed by atoms with van der Waals surface area (Å²) in [6.07, 6.45) is 3.27. The summed E-state index contributed by atoms with van der Waals surface area (Å²) in [5.74, 6) is -1.01. The van der Waals surface area contributed by atoms with Crippen LogP contribution in [0.5, 0.6) is 0 Å². The van der Waals surface area contributed by atoms with Crippen molar-refractivity contribution in [3.63, 3.8) is 0 Å². The number of carbonyl (C=O) groups excluding carboxylic acids is 3. The summed E-state index contributed by atoms with van der Waals surface area (Å²) in [4.78, 5) is 38.9. The van der Waals surface area contributed by atoms with Crippen LogP contribution in [0.25, 0.3) is 0 Å². The maximum atomic E-state index is 11.7. The summed E-state index contributed by atoms with van der Waals surface area (Å²) in [7, 11) is 0. The van der Waals surface area contributed by atoms with Gasteiger partial charge in [0.1, 0.15) is 0 Å². The van der Waals surface area contributed by atoms with Gasteiger partial charge in [-0.25, -0.2) is 0 Å². The van der Waals surface area contributed by atoms with E-state index in [4.69, 9.17) is 0 Å². The number of hydrogen-bond donors (Lipinski definition) is 3. The summed E-state index contributed by atoms with van der Waals surface area (Å²) < 4.78 is 0.